The second kappa shape index (κ2) is 9.46. The molecule has 4 aliphatic carbocycles. The van der Waals surface area contributed by atoms with E-state index < -0.39 is 5.97 Å². The summed E-state index contributed by atoms with van der Waals surface area (Å²) in [6.07, 6.45) is 13.2. The average molecular weight is 431 g/mol. The van der Waals surface area contributed by atoms with Crippen LogP contribution in [0, 0.1) is 35.0 Å². The molecule has 0 spiro atoms. The molecule has 0 unspecified atom stereocenters. The molecule has 0 aromatic rings. The Balaban J connectivity index is 1.27. The lowest BCUT2D eigenvalue weighted by Gasteiger charge is -2.52. The first kappa shape index (κ1) is 22.5. The molecule has 0 aliphatic heterocycles. The van der Waals surface area contributed by atoms with Crippen LogP contribution in [0.2, 0.25) is 0 Å². The molecule has 31 heavy (non-hydrogen) atoms. The zero-order valence-electron chi connectivity index (χ0n) is 19.2. The van der Waals surface area contributed by atoms with E-state index in [-0.39, 0.29) is 12.6 Å². The summed E-state index contributed by atoms with van der Waals surface area (Å²) in [6.45, 7) is 4.54. The smallest absolute Gasteiger partial charge is 0.344 e. The van der Waals surface area contributed by atoms with Crippen molar-refractivity contribution in [3.05, 3.63) is 11.6 Å². The van der Waals surface area contributed by atoms with Gasteiger partial charge in [0.25, 0.3) is 0 Å². The van der Waals surface area contributed by atoms with Gasteiger partial charge >= 0.3 is 11.9 Å². The number of esters is 2. The van der Waals surface area contributed by atoms with Gasteiger partial charge in [0.15, 0.2) is 12.4 Å². The molecule has 0 heterocycles. The monoisotopic (exact) mass is 430 g/mol. The summed E-state index contributed by atoms with van der Waals surface area (Å²) in [7, 11) is 0. The minimum absolute atomic E-state index is 0.270. The van der Waals surface area contributed by atoms with Crippen LogP contribution in [0.5, 0.6) is 0 Å². The first-order valence-corrected chi connectivity index (χ1v) is 12.4. The number of carbonyl (C=O) groups excluding carboxylic acids is 3. The van der Waals surface area contributed by atoms with Crippen molar-refractivity contribution < 1.29 is 23.9 Å². The summed E-state index contributed by atoms with van der Waals surface area (Å²) in [6, 6.07) is 0. The van der Waals surface area contributed by atoms with Gasteiger partial charge in [-0.2, -0.15) is 0 Å². The molecule has 3 fully saturated rings. The highest BCUT2D eigenvalue weighted by molar-refractivity contribution is 5.91. The molecular formula is C26H38O5. The van der Waals surface area contributed by atoms with E-state index in [1.165, 1.54) is 37.7 Å². The molecule has 0 saturated heterocycles. The molecule has 4 rings (SSSR count). The predicted molar refractivity (Wildman–Crippen MR) is 117 cm³/mol. The van der Waals surface area contributed by atoms with Crippen LogP contribution in [-0.2, 0) is 23.9 Å². The van der Waals surface area contributed by atoms with Crippen molar-refractivity contribution in [3.8, 4) is 0 Å². The normalized spacial score (nSPS) is 36.6. The minimum atomic E-state index is -0.440. The fourth-order valence-electron chi connectivity index (χ4n) is 7.41. The first-order chi connectivity index (χ1) is 14.9. The van der Waals surface area contributed by atoms with Crippen LogP contribution in [0.15, 0.2) is 11.6 Å². The molecule has 6 atom stereocenters. The Morgan fingerprint density at radius 2 is 1.94 bits per heavy atom. The molecule has 4 aliphatic rings. The van der Waals surface area contributed by atoms with Gasteiger partial charge in [-0.15, -0.1) is 0 Å². The average Bonchev–Trinajstić information content (AvgIpc) is 3.08. The number of rotatable bonds is 7. The third-order valence-corrected chi connectivity index (χ3v) is 8.75. The van der Waals surface area contributed by atoms with Crippen LogP contribution in [0.1, 0.15) is 84.5 Å². The van der Waals surface area contributed by atoms with Gasteiger partial charge in [0.05, 0.1) is 6.61 Å². The lowest BCUT2D eigenvalue weighted by Crippen LogP contribution is -2.44. The Labute approximate surface area is 186 Å². The summed E-state index contributed by atoms with van der Waals surface area (Å²) < 4.78 is 10.3. The molecule has 0 radical (unpaired) electrons. The maximum absolute atomic E-state index is 11.9. The first-order valence-electron chi connectivity index (χ1n) is 12.4. The van der Waals surface area contributed by atoms with E-state index in [0.717, 1.165) is 43.4 Å². The van der Waals surface area contributed by atoms with Crippen LogP contribution >= 0.6 is 0 Å². The second-order valence-electron chi connectivity index (χ2n) is 10.7. The molecule has 172 valence electrons. The van der Waals surface area contributed by atoms with E-state index in [0.29, 0.717) is 42.5 Å². The molecular weight excluding hydrogens is 392 g/mol. The van der Waals surface area contributed by atoms with Crippen molar-refractivity contribution in [1.29, 1.82) is 0 Å². The topological polar surface area (TPSA) is 69.7 Å². The van der Waals surface area contributed by atoms with Crippen molar-refractivity contribution in [3.63, 3.8) is 0 Å². The quantitative estimate of drug-likeness (QED) is 0.530. The number of ketones is 1. The fraction of sp³-hybridized carbons (Fsp3) is 0.808. The molecule has 5 heteroatoms. The van der Waals surface area contributed by atoms with Crippen LogP contribution in [0.3, 0.4) is 0 Å². The van der Waals surface area contributed by atoms with Crippen molar-refractivity contribution in [2.75, 3.05) is 13.2 Å². The summed E-state index contributed by atoms with van der Waals surface area (Å²) in [4.78, 5) is 35.1. The van der Waals surface area contributed by atoms with Gasteiger partial charge in [-0.3, -0.25) is 9.59 Å². The lowest BCUT2D eigenvalue weighted by molar-refractivity contribution is -0.159. The number of hydrogen-bond acceptors (Lipinski definition) is 5. The predicted octanol–water partition coefficient (Wildman–Crippen LogP) is 5.02. The van der Waals surface area contributed by atoms with E-state index in [9.17, 15) is 14.4 Å². The standard InChI is InChI=1S/C26H38O5/c1-3-4-24(28)31-16-25(29)30-12-10-17-13-23-22-7-5-18-14-19(27)6-8-20(18)21(22)9-11-26(23,2)15-17/h14,17,20-23H,3-13,15-16H2,1-2H3/t17-,20-,21+,22+,23-,26+/m0/s1. The number of allylic oxidation sites excluding steroid dienone is 1. The van der Waals surface area contributed by atoms with Crippen molar-refractivity contribution in [2.45, 2.75) is 84.5 Å². The fourth-order valence-corrected chi connectivity index (χ4v) is 7.41. The van der Waals surface area contributed by atoms with Crippen LogP contribution in [0.4, 0.5) is 0 Å². The van der Waals surface area contributed by atoms with Crippen molar-refractivity contribution in [1.82, 2.24) is 0 Å². The van der Waals surface area contributed by atoms with Crippen molar-refractivity contribution >= 4 is 17.7 Å². The van der Waals surface area contributed by atoms with E-state index >= 15 is 0 Å². The highest BCUT2D eigenvalue weighted by atomic mass is 16.6. The number of fused-ring (bicyclic) bond motifs is 5. The number of ether oxygens (including phenoxy) is 2. The van der Waals surface area contributed by atoms with Crippen molar-refractivity contribution in [2.24, 2.45) is 35.0 Å². The van der Waals surface area contributed by atoms with E-state index in [2.05, 4.69) is 6.92 Å². The van der Waals surface area contributed by atoms with Gasteiger partial charge in [0.1, 0.15) is 0 Å². The Hall–Kier alpha value is -1.65. The van der Waals surface area contributed by atoms with Gasteiger partial charge in [0.2, 0.25) is 0 Å². The largest absolute Gasteiger partial charge is 0.463 e. The Morgan fingerprint density at radius 1 is 1.10 bits per heavy atom. The van der Waals surface area contributed by atoms with E-state index in [4.69, 9.17) is 9.47 Å². The Kier molecular flexibility index (Phi) is 6.88. The Morgan fingerprint density at radius 3 is 2.74 bits per heavy atom. The minimum Gasteiger partial charge on any atom is -0.463 e. The molecule has 0 N–H and O–H groups in total. The van der Waals surface area contributed by atoms with Gasteiger partial charge < -0.3 is 9.47 Å². The highest BCUT2D eigenvalue weighted by Crippen LogP contribution is 2.63. The third-order valence-electron chi connectivity index (χ3n) is 8.75. The molecule has 0 aromatic heterocycles. The van der Waals surface area contributed by atoms with Gasteiger partial charge in [-0.05, 0) is 98.9 Å². The lowest BCUT2D eigenvalue weighted by atomic mass is 9.52. The maximum Gasteiger partial charge on any atom is 0.344 e. The summed E-state index contributed by atoms with van der Waals surface area (Å²) in [5, 5.41) is 0. The zero-order valence-corrected chi connectivity index (χ0v) is 19.2. The molecule has 0 amide bonds. The van der Waals surface area contributed by atoms with Gasteiger partial charge in [-0.25, -0.2) is 4.79 Å². The zero-order chi connectivity index (χ0) is 22.0. The van der Waals surface area contributed by atoms with Crippen LogP contribution in [0.25, 0.3) is 0 Å². The van der Waals surface area contributed by atoms with Gasteiger partial charge in [-0.1, -0.05) is 19.4 Å². The summed E-state index contributed by atoms with van der Waals surface area (Å²) in [5.74, 6) is 3.13. The van der Waals surface area contributed by atoms with Gasteiger partial charge in [0, 0.05) is 12.8 Å². The molecule has 0 bridgehead atoms. The molecule has 0 aromatic carbocycles. The van der Waals surface area contributed by atoms with Crippen LogP contribution < -0.4 is 0 Å². The van der Waals surface area contributed by atoms with E-state index in [1.807, 2.05) is 13.0 Å². The van der Waals surface area contributed by atoms with Crippen LogP contribution in [-0.4, -0.2) is 30.9 Å². The van der Waals surface area contributed by atoms with E-state index in [1.54, 1.807) is 0 Å². The third kappa shape index (κ3) is 4.90. The summed E-state index contributed by atoms with van der Waals surface area (Å²) >= 11 is 0. The number of hydrogen-bond donors (Lipinski definition) is 0. The second-order valence-corrected chi connectivity index (χ2v) is 10.7. The maximum atomic E-state index is 11.9. The molecule has 3 saturated carbocycles. The highest BCUT2D eigenvalue weighted by Gasteiger charge is 2.54. The summed E-state index contributed by atoms with van der Waals surface area (Å²) in [5.41, 5.74) is 1.86. The number of carbonyl (C=O) groups is 3. The molecule has 5 nitrogen and oxygen atoms in total. The Bertz CT molecular complexity index is 740. The SMILES string of the molecule is CCCC(=O)OCC(=O)OCC[C@H]1C[C@H]2[C@@H]3CCC4=CC(=O)CC[C@@H]4[C@H]3CC[C@]2(C)C1.